The highest BCUT2D eigenvalue weighted by molar-refractivity contribution is 6.03. The topological polar surface area (TPSA) is 87.7 Å². The minimum absolute atomic E-state index is 0.115. The van der Waals surface area contributed by atoms with Crippen molar-refractivity contribution in [2.75, 3.05) is 43.0 Å². The first-order valence-corrected chi connectivity index (χ1v) is 11.1. The zero-order valence-electron chi connectivity index (χ0n) is 18.6. The molecule has 1 aromatic heterocycles. The monoisotopic (exact) mass is 445 g/mol. The van der Waals surface area contributed by atoms with E-state index in [0.717, 1.165) is 17.1 Å². The van der Waals surface area contributed by atoms with E-state index >= 15 is 0 Å². The number of hydrogen-bond acceptors (Lipinski definition) is 6. The van der Waals surface area contributed by atoms with E-state index < -0.39 is 0 Å². The molecule has 2 amide bonds. The molecule has 1 aliphatic rings. The summed E-state index contributed by atoms with van der Waals surface area (Å²) in [7, 11) is 0. The lowest BCUT2D eigenvalue weighted by molar-refractivity contribution is -0.130. The molecule has 0 aliphatic carbocycles. The minimum atomic E-state index is -0.225. The Morgan fingerprint density at radius 2 is 1.64 bits per heavy atom. The van der Waals surface area contributed by atoms with Gasteiger partial charge in [0.1, 0.15) is 5.75 Å². The number of ether oxygens (including phenoxy) is 1. The second-order valence-electron chi connectivity index (χ2n) is 7.72. The molecule has 8 nitrogen and oxygen atoms in total. The summed E-state index contributed by atoms with van der Waals surface area (Å²) in [6, 6.07) is 20.2. The molecule has 0 bridgehead atoms. The molecule has 2 heterocycles. The summed E-state index contributed by atoms with van der Waals surface area (Å²) in [6.07, 6.45) is 0.377. The lowest BCUT2D eigenvalue weighted by Gasteiger charge is -2.35. The Hall–Kier alpha value is -3.94. The van der Waals surface area contributed by atoms with Crippen molar-refractivity contribution in [3.63, 3.8) is 0 Å². The molecule has 0 spiro atoms. The summed E-state index contributed by atoms with van der Waals surface area (Å²) in [5.74, 6) is 1.83. The molecule has 4 rings (SSSR count). The highest BCUT2D eigenvalue weighted by atomic mass is 16.5. The molecule has 1 aliphatic heterocycles. The third-order valence-electron chi connectivity index (χ3n) is 5.47. The average Bonchev–Trinajstić information content (AvgIpc) is 2.86. The van der Waals surface area contributed by atoms with Gasteiger partial charge in [0.2, 0.25) is 5.91 Å². The zero-order valence-corrected chi connectivity index (χ0v) is 18.6. The average molecular weight is 446 g/mol. The molecule has 0 atom stereocenters. The Morgan fingerprint density at radius 3 is 2.27 bits per heavy atom. The maximum atomic E-state index is 12.7. The number of carbonyl (C=O) groups is 2. The van der Waals surface area contributed by atoms with E-state index in [9.17, 15) is 9.59 Å². The van der Waals surface area contributed by atoms with Crippen LogP contribution in [0.5, 0.6) is 5.75 Å². The Morgan fingerprint density at radius 1 is 0.909 bits per heavy atom. The summed E-state index contributed by atoms with van der Waals surface area (Å²) in [4.78, 5) is 28.9. The van der Waals surface area contributed by atoms with Gasteiger partial charge < -0.3 is 19.9 Å². The van der Waals surface area contributed by atoms with Crippen LogP contribution in [0.4, 0.5) is 11.6 Å². The maximum absolute atomic E-state index is 12.7. The molecule has 170 valence electrons. The van der Waals surface area contributed by atoms with Crippen molar-refractivity contribution in [1.29, 1.82) is 0 Å². The fraction of sp³-hybridized carbons (Fsp3) is 0.280. The van der Waals surface area contributed by atoms with Crippen LogP contribution in [-0.2, 0) is 11.2 Å². The first-order valence-electron chi connectivity index (χ1n) is 11.1. The van der Waals surface area contributed by atoms with Gasteiger partial charge in [-0.25, -0.2) is 0 Å². The van der Waals surface area contributed by atoms with Gasteiger partial charge in [-0.05, 0) is 48.9 Å². The number of nitrogens with one attached hydrogen (secondary N) is 1. The number of carbonyl (C=O) groups excluding carboxylic acids is 2. The molecular formula is C25H27N5O3. The molecule has 1 N–H and O–H groups in total. The van der Waals surface area contributed by atoms with E-state index in [-0.39, 0.29) is 11.8 Å². The van der Waals surface area contributed by atoms with E-state index in [4.69, 9.17) is 4.74 Å². The molecule has 33 heavy (non-hydrogen) atoms. The smallest absolute Gasteiger partial charge is 0.256 e. The van der Waals surface area contributed by atoms with Crippen LogP contribution < -0.4 is 15.0 Å². The van der Waals surface area contributed by atoms with Gasteiger partial charge in [-0.1, -0.05) is 30.3 Å². The van der Waals surface area contributed by atoms with E-state index in [0.29, 0.717) is 50.6 Å². The van der Waals surface area contributed by atoms with Crippen LogP contribution in [0.3, 0.4) is 0 Å². The molecule has 0 saturated carbocycles. The van der Waals surface area contributed by atoms with Crippen LogP contribution in [0, 0.1) is 0 Å². The van der Waals surface area contributed by atoms with Gasteiger partial charge in [0.25, 0.3) is 5.91 Å². The molecule has 3 aromatic rings. The van der Waals surface area contributed by atoms with Crippen LogP contribution >= 0.6 is 0 Å². The number of aromatic nitrogens is 2. The second kappa shape index (κ2) is 10.6. The van der Waals surface area contributed by atoms with Crippen molar-refractivity contribution < 1.29 is 14.3 Å². The molecule has 0 radical (unpaired) electrons. The number of nitrogens with zero attached hydrogens (tertiary/aromatic N) is 4. The van der Waals surface area contributed by atoms with Crippen molar-refractivity contribution in [3.05, 3.63) is 77.9 Å². The fourth-order valence-electron chi connectivity index (χ4n) is 3.68. The van der Waals surface area contributed by atoms with Gasteiger partial charge in [0.05, 0.1) is 13.0 Å². The van der Waals surface area contributed by atoms with Crippen LogP contribution in [0.15, 0.2) is 66.7 Å². The Labute approximate surface area is 193 Å². The number of amides is 2. The van der Waals surface area contributed by atoms with Gasteiger partial charge in [-0.15, -0.1) is 10.2 Å². The predicted octanol–water partition coefficient (Wildman–Crippen LogP) is 3.02. The molecule has 1 fully saturated rings. The minimum Gasteiger partial charge on any atom is -0.494 e. The van der Waals surface area contributed by atoms with E-state index in [1.807, 2.05) is 60.4 Å². The highest BCUT2D eigenvalue weighted by Gasteiger charge is 2.22. The number of anilines is 2. The van der Waals surface area contributed by atoms with Crippen molar-refractivity contribution in [1.82, 2.24) is 15.1 Å². The Kier molecular flexibility index (Phi) is 7.14. The zero-order chi connectivity index (χ0) is 23.0. The lowest BCUT2D eigenvalue weighted by atomic mass is 10.1. The number of benzene rings is 2. The summed E-state index contributed by atoms with van der Waals surface area (Å²) in [5, 5.41) is 11.1. The molecule has 2 aromatic carbocycles. The Bertz CT molecular complexity index is 1060. The van der Waals surface area contributed by atoms with Crippen LogP contribution in [0.25, 0.3) is 0 Å². The van der Waals surface area contributed by atoms with Crippen molar-refractivity contribution in [3.8, 4) is 5.75 Å². The van der Waals surface area contributed by atoms with Crippen molar-refractivity contribution in [2.45, 2.75) is 13.3 Å². The summed E-state index contributed by atoms with van der Waals surface area (Å²) >= 11 is 0. The SMILES string of the molecule is CCOc1ccc(CC(=O)N2CCN(c3ccc(NC(=O)c4ccccc4)nn3)CC2)cc1. The lowest BCUT2D eigenvalue weighted by Crippen LogP contribution is -2.49. The van der Waals surface area contributed by atoms with Gasteiger partial charge in [0.15, 0.2) is 11.6 Å². The van der Waals surface area contributed by atoms with E-state index in [1.54, 1.807) is 18.2 Å². The van der Waals surface area contributed by atoms with Gasteiger partial charge in [-0.2, -0.15) is 0 Å². The van der Waals surface area contributed by atoms with Crippen LogP contribution in [0.2, 0.25) is 0 Å². The van der Waals surface area contributed by atoms with Crippen LogP contribution in [-0.4, -0.2) is 59.7 Å². The second-order valence-corrected chi connectivity index (χ2v) is 7.72. The first-order chi connectivity index (χ1) is 16.1. The van der Waals surface area contributed by atoms with Gasteiger partial charge >= 0.3 is 0 Å². The van der Waals surface area contributed by atoms with Crippen molar-refractivity contribution in [2.24, 2.45) is 0 Å². The third-order valence-corrected chi connectivity index (χ3v) is 5.47. The number of piperazine rings is 1. The highest BCUT2D eigenvalue weighted by Crippen LogP contribution is 2.17. The number of rotatable bonds is 7. The quantitative estimate of drug-likeness (QED) is 0.602. The molecule has 1 saturated heterocycles. The number of hydrogen-bond donors (Lipinski definition) is 1. The van der Waals surface area contributed by atoms with Crippen molar-refractivity contribution >= 4 is 23.5 Å². The van der Waals surface area contributed by atoms with Gasteiger partial charge in [0, 0.05) is 31.7 Å². The van der Waals surface area contributed by atoms with E-state index in [1.165, 1.54) is 0 Å². The van der Waals surface area contributed by atoms with Crippen LogP contribution in [0.1, 0.15) is 22.8 Å². The standard InChI is InChI=1S/C25H27N5O3/c1-2-33-21-10-8-19(9-11-21)18-24(31)30-16-14-29(15-17-30)23-13-12-22(27-28-23)26-25(32)20-6-4-3-5-7-20/h3-13H,2,14-18H2,1H3,(H,26,27,32). The van der Waals surface area contributed by atoms with E-state index in [2.05, 4.69) is 20.4 Å². The predicted molar refractivity (Wildman–Crippen MR) is 127 cm³/mol. The molecule has 0 unspecified atom stereocenters. The summed E-state index contributed by atoms with van der Waals surface area (Å²) < 4.78 is 5.45. The first kappa shape index (κ1) is 22.3. The fourth-order valence-corrected chi connectivity index (χ4v) is 3.68. The Balaban J connectivity index is 1.27. The molecular weight excluding hydrogens is 418 g/mol. The summed E-state index contributed by atoms with van der Waals surface area (Å²) in [6.45, 7) is 5.19. The third kappa shape index (κ3) is 5.85. The molecule has 8 heteroatoms. The summed E-state index contributed by atoms with van der Waals surface area (Å²) in [5.41, 5.74) is 1.54. The largest absolute Gasteiger partial charge is 0.494 e. The maximum Gasteiger partial charge on any atom is 0.256 e. The van der Waals surface area contributed by atoms with Gasteiger partial charge in [-0.3, -0.25) is 9.59 Å². The normalized spacial score (nSPS) is 13.5.